The van der Waals surface area contributed by atoms with Gasteiger partial charge in [0.05, 0.1) is 12.3 Å². The SMILES string of the molecule is CC(C)(C)SCC(=O)NCC(=O)NCC(=O)O. The highest BCUT2D eigenvalue weighted by molar-refractivity contribution is 8.01. The second-order valence-corrected chi connectivity index (χ2v) is 6.15. The van der Waals surface area contributed by atoms with Crippen LogP contribution in [0.2, 0.25) is 0 Å². The van der Waals surface area contributed by atoms with Crippen molar-refractivity contribution in [3.63, 3.8) is 0 Å². The Labute approximate surface area is 105 Å². The number of nitrogens with one attached hydrogen (secondary N) is 2. The van der Waals surface area contributed by atoms with Crippen LogP contribution in [-0.2, 0) is 14.4 Å². The quantitative estimate of drug-likeness (QED) is 0.618. The minimum Gasteiger partial charge on any atom is -0.480 e. The molecule has 0 fully saturated rings. The summed E-state index contributed by atoms with van der Waals surface area (Å²) in [6, 6.07) is 0. The summed E-state index contributed by atoms with van der Waals surface area (Å²) >= 11 is 1.47. The normalized spacial score (nSPS) is 10.8. The van der Waals surface area contributed by atoms with Crippen LogP contribution in [0.25, 0.3) is 0 Å². The smallest absolute Gasteiger partial charge is 0.322 e. The summed E-state index contributed by atoms with van der Waals surface area (Å²) in [5.41, 5.74) is 0. The lowest BCUT2D eigenvalue weighted by atomic mass is 10.3. The molecule has 98 valence electrons. The Kier molecular flexibility index (Phi) is 6.64. The van der Waals surface area contributed by atoms with Crippen molar-refractivity contribution in [2.24, 2.45) is 0 Å². The van der Waals surface area contributed by atoms with Gasteiger partial charge in [0.25, 0.3) is 0 Å². The molecule has 0 aliphatic rings. The van der Waals surface area contributed by atoms with Gasteiger partial charge < -0.3 is 15.7 Å². The fourth-order valence-corrected chi connectivity index (χ4v) is 1.41. The minimum atomic E-state index is -1.12. The Morgan fingerprint density at radius 1 is 1.06 bits per heavy atom. The highest BCUT2D eigenvalue weighted by atomic mass is 32.2. The molecule has 0 spiro atoms. The van der Waals surface area contributed by atoms with Crippen molar-refractivity contribution in [3.8, 4) is 0 Å². The lowest BCUT2D eigenvalue weighted by Gasteiger charge is -2.16. The molecule has 0 aromatic heterocycles. The molecule has 17 heavy (non-hydrogen) atoms. The van der Waals surface area contributed by atoms with Crippen molar-refractivity contribution < 1.29 is 19.5 Å². The van der Waals surface area contributed by atoms with Gasteiger partial charge in [0.2, 0.25) is 11.8 Å². The van der Waals surface area contributed by atoms with Crippen LogP contribution >= 0.6 is 11.8 Å². The van der Waals surface area contributed by atoms with Crippen molar-refractivity contribution in [2.75, 3.05) is 18.8 Å². The molecule has 3 N–H and O–H groups in total. The van der Waals surface area contributed by atoms with Crippen LogP contribution in [0.1, 0.15) is 20.8 Å². The highest BCUT2D eigenvalue weighted by Gasteiger charge is 2.13. The summed E-state index contributed by atoms with van der Waals surface area (Å²) in [5, 5.41) is 12.9. The van der Waals surface area contributed by atoms with E-state index in [1.54, 1.807) is 0 Å². The summed E-state index contributed by atoms with van der Waals surface area (Å²) < 4.78 is -0.0110. The van der Waals surface area contributed by atoms with E-state index in [1.165, 1.54) is 11.8 Å². The van der Waals surface area contributed by atoms with Gasteiger partial charge in [0, 0.05) is 4.75 Å². The van der Waals surface area contributed by atoms with Gasteiger partial charge in [0.15, 0.2) is 0 Å². The number of hydrogen-bond acceptors (Lipinski definition) is 4. The molecule has 0 aliphatic heterocycles. The molecule has 0 atom stereocenters. The number of carboxylic acids is 1. The van der Waals surface area contributed by atoms with E-state index in [0.29, 0.717) is 0 Å². The van der Waals surface area contributed by atoms with Gasteiger partial charge >= 0.3 is 5.97 Å². The van der Waals surface area contributed by atoms with Crippen LogP contribution in [0, 0.1) is 0 Å². The molecule has 0 bridgehead atoms. The molecule has 0 rings (SSSR count). The monoisotopic (exact) mass is 262 g/mol. The predicted molar refractivity (Wildman–Crippen MR) is 65.9 cm³/mol. The van der Waals surface area contributed by atoms with E-state index in [1.807, 2.05) is 20.8 Å². The van der Waals surface area contributed by atoms with Gasteiger partial charge in [-0.2, -0.15) is 0 Å². The van der Waals surface area contributed by atoms with E-state index in [4.69, 9.17) is 5.11 Å². The molecule has 0 aromatic carbocycles. The molecule has 0 saturated heterocycles. The molecule has 7 heteroatoms. The van der Waals surface area contributed by atoms with Gasteiger partial charge in [-0.05, 0) is 0 Å². The van der Waals surface area contributed by atoms with Crippen LogP contribution in [-0.4, -0.2) is 46.5 Å². The van der Waals surface area contributed by atoms with Gasteiger partial charge in [-0.25, -0.2) is 0 Å². The third kappa shape index (κ3) is 11.0. The zero-order valence-electron chi connectivity index (χ0n) is 10.2. The first-order chi connectivity index (χ1) is 7.70. The topological polar surface area (TPSA) is 95.5 Å². The molecule has 2 amide bonds. The number of carbonyl (C=O) groups is 3. The van der Waals surface area contributed by atoms with Gasteiger partial charge in [-0.15, -0.1) is 11.8 Å². The van der Waals surface area contributed by atoms with E-state index < -0.39 is 18.4 Å². The molecule has 6 nitrogen and oxygen atoms in total. The van der Waals surface area contributed by atoms with Crippen molar-refractivity contribution in [1.82, 2.24) is 10.6 Å². The Balaban J connectivity index is 3.70. The molecule has 0 aromatic rings. The van der Waals surface area contributed by atoms with Crippen LogP contribution in [0.3, 0.4) is 0 Å². The van der Waals surface area contributed by atoms with Crippen molar-refractivity contribution in [2.45, 2.75) is 25.5 Å². The Bertz CT molecular complexity index is 299. The number of carboxylic acid groups (broad SMARTS) is 1. The summed E-state index contributed by atoms with van der Waals surface area (Å²) in [4.78, 5) is 32.5. The average Bonchev–Trinajstić information content (AvgIpc) is 2.19. The maximum Gasteiger partial charge on any atom is 0.322 e. The number of thioether (sulfide) groups is 1. The van der Waals surface area contributed by atoms with E-state index in [2.05, 4.69) is 10.6 Å². The number of hydrogen-bond donors (Lipinski definition) is 3. The molecule has 0 aliphatic carbocycles. The maximum atomic E-state index is 11.3. The van der Waals surface area contributed by atoms with Crippen LogP contribution in [0.4, 0.5) is 0 Å². The van der Waals surface area contributed by atoms with Crippen LogP contribution < -0.4 is 10.6 Å². The number of rotatable bonds is 6. The van der Waals surface area contributed by atoms with E-state index in [-0.39, 0.29) is 23.0 Å². The summed E-state index contributed by atoms with van der Waals surface area (Å²) in [6.07, 6.45) is 0. The lowest BCUT2D eigenvalue weighted by Crippen LogP contribution is -2.39. The second-order valence-electron chi connectivity index (χ2n) is 4.35. The fraction of sp³-hybridized carbons (Fsp3) is 0.700. The van der Waals surface area contributed by atoms with Gasteiger partial charge in [0.1, 0.15) is 6.54 Å². The number of carbonyl (C=O) groups excluding carboxylic acids is 2. The van der Waals surface area contributed by atoms with E-state index in [9.17, 15) is 14.4 Å². The van der Waals surface area contributed by atoms with Gasteiger partial charge in [-0.1, -0.05) is 20.8 Å². The second kappa shape index (κ2) is 7.16. The molecular formula is C10H18N2O4S. The molecule has 0 saturated carbocycles. The largest absolute Gasteiger partial charge is 0.480 e. The highest BCUT2D eigenvalue weighted by Crippen LogP contribution is 2.22. The lowest BCUT2D eigenvalue weighted by molar-refractivity contribution is -0.137. The zero-order valence-corrected chi connectivity index (χ0v) is 11.0. The maximum absolute atomic E-state index is 11.3. The molecule has 0 radical (unpaired) electrons. The number of aliphatic carboxylic acids is 1. The van der Waals surface area contributed by atoms with E-state index in [0.717, 1.165) is 0 Å². The summed E-state index contributed by atoms with van der Waals surface area (Å²) in [7, 11) is 0. The average molecular weight is 262 g/mol. The predicted octanol–water partition coefficient (Wildman–Crippen LogP) is -0.165. The van der Waals surface area contributed by atoms with E-state index >= 15 is 0 Å². The van der Waals surface area contributed by atoms with Crippen LogP contribution in [0.5, 0.6) is 0 Å². The molecule has 0 unspecified atom stereocenters. The Hall–Kier alpha value is -1.24. The van der Waals surface area contributed by atoms with Gasteiger partial charge in [-0.3, -0.25) is 14.4 Å². The summed E-state index contributed by atoms with van der Waals surface area (Å²) in [6.45, 7) is 5.34. The first kappa shape index (κ1) is 15.8. The summed E-state index contributed by atoms with van der Waals surface area (Å²) in [5.74, 6) is -1.60. The fourth-order valence-electron chi connectivity index (χ4n) is 0.749. The molecular weight excluding hydrogens is 244 g/mol. The molecule has 0 heterocycles. The Morgan fingerprint density at radius 2 is 1.59 bits per heavy atom. The first-order valence-corrected chi connectivity index (χ1v) is 6.08. The van der Waals surface area contributed by atoms with Crippen molar-refractivity contribution in [1.29, 1.82) is 0 Å². The zero-order chi connectivity index (χ0) is 13.5. The van der Waals surface area contributed by atoms with Crippen LogP contribution in [0.15, 0.2) is 0 Å². The standard InChI is InChI=1S/C10H18N2O4S/c1-10(2,3)17-6-8(14)11-4-7(13)12-5-9(15)16/h4-6H2,1-3H3,(H,11,14)(H,12,13)(H,15,16). The minimum absolute atomic E-state index is 0.0110. The third-order valence-corrected chi connectivity index (χ3v) is 2.79. The first-order valence-electron chi connectivity index (χ1n) is 5.10. The van der Waals surface area contributed by atoms with Crippen molar-refractivity contribution >= 4 is 29.5 Å². The number of amides is 2. The third-order valence-electron chi connectivity index (χ3n) is 1.52. The van der Waals surface area contributed by atoms with Crippen molar-refractivity contribution in [3.05, 3.63) is 0 Å². The Morgan fingerprint density at radius 3 is 2.06 bits per heavy atom.